The molecule has 0 aliphatic heterocycles. The summed E-state index contributed by atoms with van der Waals surface area (Å²) in [6.07, 6.45) is 3.88. The molecule has 0 saturated heterocycles. The molecule has 25 heavy (non-hydrogen) atoms. The van der Waals surface area contributed by atoms with Crippen molar-refractivity contribution in [1.29, 1.82) is 0 Å². The Balaban J connectivity index is 0.000000443. The Morgan fingerprint density at radius 2 is 1.04 bits per heavy atom. The van der Waals surface area contributed by atoms with E-state index in [0.29, 0.717) is 0 Å². The molecular weight excluding hydrogens is 572 g/mol. The average Bonchev–Trinajstić information content (AvgIpc) is 2.66. The molecule has 0 atom stereocenters. The maximum Gasteiger partial charge on any atom is 2.00 e. The third kappa shape index (κ3) is 12.5. The molecule has 0 saturated carbocycles. The van der Waals surface area contributed by atoms with Crippen LogP contribution in [-0.4, -0.2) is 21.2 Å². The van der Waals surface area contributed by atoms with Crippen LogP contribution in [0.3, 0.4) is 0 Å². The fourth-order valence-corrected chi connectivity index (χ4v) is 1.69. The van der Waals surface area contributed by atoms with E-state index in [1.807, 2.05) is 73.2 Å². The zero-order valence-corrected chi connectivity index (χ0v) is 19.4. The summed E-state index contributed by atoms with van der Waals surface area (Å²) in [5, 5.41) is 0. The maximum absolute atomic E-state index is 4.14. The van der Waals surface area contributed by atoms with Crippen LogP contribution < -0.4 is 10.9 Å². The molecule has 0 amide bonds. The van der Waals surface area contributed by atoms with Gasteiger partial charge in [-0.15, -0.1) is 11.4 Å². The van der Waals surface area contributed by atoms with Gasteiger partial charge in [0.1, 0.15) is 0 Å². The van der Waals surface area contributed by atoms with Crippen LogP contribution in [0.2, 0.25) is 0 Å². The average molecular weight is 592 g/mol. The van der Waals surface area contributed by atoms with Crippen LogP contribution >= 0.6 is 23.5 Å². The fourth-order valence-electron chi connectivity index (χ4n) is 1.32. The molecule has 9 heteroatoms. The van der Waals surface area contributed by atoms with E-state index in [1.54, 1.807) is 0 Å². The van der Waals surface area contributed by atoms with Gasteiger partial charge in [-0.25, -0.2) is 0 Å². The van der Waals surface area contributed by atoms with E-state index >= 15 is 0 Å². The fraction of sp³-hybridized carbons (Fsp3) is 0.125. The molecule has 4 nitrogen and oxygen atoms in total. The van der Waals surface area contributed by atoms with Crippen molar-refractivity contribution in [1.82, 2.24) is 10.9 Å². The van der Waals surface area contributed by atoms with E-state index in [2.05, 4.69) is 46.1 Å². The summed E-state index contributed by atoms with van der Waals surface area (Å²) in [6.45, 7) is 0. The molecule has 0 aliphatic carbocycles. The summed E-state index contributed by atoms with van der Waals surface area (Å²) in [7, 11) is 0. The second-order valence-corrected chi connectivity index (χ2v) is 7.27. The summed E-state index contributed by atoms with van der Waals surface area (Å²) in [4.78, 5) is 0. The number of nitrogens with zero attached hydrogens (tertiary/aromatic N) is 2. The monoisotopic (exact) mass is 591 g/mol. The summed E-state index contributed by atoms with van der Waals surface area (Å²) in [5.41, 5.74) is 15.6. The number of para-hydroxylation sites is 2. The first-order chi connectivity index (χ1) is 11.7. The second-order valence-electron chi connectivity index (χ2n) is 4.14. The van der Waals surface area contributed by atoms with E-state index < -0.39 is 0 Å². The first-order valence-corrected chi connectivity index (χ1v) is 10.2. The van der Waals surface area contributed by atoms with Crippen LogP contribution in [0.15, 0.2) is 60.7 Å². The number of nitrogens with one attached hydrogen (secondary N) is 2. The van der Waals surface area contributed by atoms with Crippen molar-refractivity contribution in [2.75, 3.05) is 12.5 Å². The summed E-state index contributed by atoms with van der Waals surface area (Å²) in [6, 6.07) is 19.4. The van der Waals surface area contributed by atoms with E-state index in [0.717, 1.165) is 20.0 Å². The van der Waals surface area contributed by atoms with Crippen molar-refractivity contribution in [2.24, 2.45) is 0 Å². The van der Waals surface area contributed by atoms with Gasteiger partial charge in [0.25, 0.3) is 8.64 Å². The zero-order chi connectivity index (χ0) is 17.6. The first kappa shape index (κ1) is 24.5. The van der Waals surface area contributed by atoms with E-state index in [1.165, 1.54) is 23.5 Å². The Morgan fingerprint density at radius 3 is 1.32 bits per heavy atom. The molecule has 0 radical (unpaired) electrons. The second kappa shape index (κ2) is 15.8. The minimum Gasteiger partial charge on any atom is -0.614 e. The molecule has 2 aromatic carbocycles. The van der Waals surface area contributed by atoms with Crippen LogP contribution in [0.4, 0.5) is 11.4 Å². The molecule has 0 bridgehead atoms. The van der Waals surface area contributed by atoms with Crippen molar-refractivity contribution in [3.05, 3.63) is 71.5 Å². The van der Waals surface area contributed by atoms with E-state index in [4.69, 9.17) is 0 Å². The zero-order valence-electron chi connectivity index (χ0n) is 13.7. The van der Waals surface area contributed by atoms with Gasteiger partial charge in [0.2, 0.25) is 0 Å². The molecule has 0 fully saturated rings. The van der Waals surface area contributed by atoms with Crippen LogP contribution in [-0.2, 0) is 45.5 Å². The first-order valence-electron chi connectivity index (χ1n) is 6.89. The number of benzene rings is 2. The Morgan fingerprint density at radius 1 is 0.720 bits per heavy atom. The topological polar surface area (TPSA) is 52.3 Å². The van der Waals surface area contributed by atoms with E-state index in [9.17, 15) is 0 Å². The van der Waals surface area contributed by atoms with E-state index in [-0.39, 0.29) is 21.1 Å². The molecule has 2 rings (SSSR count). The predicted molar refractivity (Wildman–Crippen MR) is 120 cm³/mol. The van der Waals surface area contributed by atoms with Crippen molar-refractivity contribution < 1.29 is 21.1 Å². The van der Waals surface area contributed by atoms with Gasteiger partial charge in [0.15, 0.2) is 24.4 Å². The molecule has 0 heterocycles. The Bertz CT molecular complexity index is 559. The van der Waals surface area contributed by atoms with Gasteiger partial charge in [-0.05, 0) is 12.5 Å². The quantitative estimate of drug-likeness (QED) is 0.246. The van der Waals surface area contributed by atoms with Gasteiger partial charge in [-0.2, -0.15) is 0 Å². The van der Waals surface area contributed by atoms with Crippen LogP contribution in [0.25, 0.3) is 10.9 Å². The molecule has 136 valence electrons. The number of hydrogen-bond donors (Lipinski definition) is 2. The third-order valence-corrected chi connectivity index (χ3v) is 4.71. The molecule has 0 spiro atoms. The van der Waals surface area contributed by atoms with Gasteiger partial charge in [-0.3, -0.25) is 0 Å². The van der Waals surface area contributed by atoms with Crippen LogP contribution in [0.1, 0.15) is 0 Å². The number of thioether (sulfide) groups is 2. The van der Waals surface area contributed by atoms with Crippen LogP contribution in [0, 0.1) is 0 Å². The third-order valence-electron chi connectivity index (χ3n) is 2.46. The Labute approximate surface area is 182 Å². The van der Waals surface area contributed by atoms with Gasteiger partial charge < -0.3 is 21.7 Å². The van der Waals surface area contributed by atoms with Crippen LogP contribution in [0.5, 0.6) is 0 Å². The molecule has 2 N–H and O–H groups in total. The molecule has 0 aliphatic rings. The van der Waals surface area contributed by atoms with Crippen molar-refractivity contribution in [2.45, 2.75) is 0 Å². The van der Waals surface area contributed by atoms with Gasteiger partial charge in [0, 0.05) is 0 Å². The van der Waals surface area contributed by atoms with Gasteiger partial charge >= 0.3 is 21.1 Å². The summed E-state index contributed by atoms with van der Waals surface area (Å²) in [5.74, 6) is 0. The minimum absolute atomic E-state index is 0. The van der Waals surface area contributed by atoms with Crippen molar-refractivity contribution in [3.63, 3.8) is 0 Å². The number of hydrogen-bond acceptors (Lipinski definition) is 2. The standard InChI is InChI=1S/2C8H9N2S2.Pt/c2*1-12-8(11)10-9-7-5-3-2-4-6-7;/h2*2-6H,1H3,(H,10,11);/q2*-1;+2/p+2. The van der Waals surface area contributed by atoms with Gasteiger partial charge in [0.05, 0.1) is 0 Å². The molecule has 2 aromatic rings. The smallest absolute Gasteiger partial charge is 0.614 e. The summed E-state index contributed by atoms with van der Waals surface area (Å²) >= 11 is 11.3. The normalized spacial score (nSPS) is 9.04. The molecule has 0 unspecified atom stereocenters. The molecule has 0 aromatic heterocycles. The van der Waals surface area contributed by atoms with Crippen molar-refractivity contribution >= 4 is 68.0 Å². The largest absolute Gasteiger partial charge is 2.00 e. The Kier molecular flexibility index (Phi) is 15.5. The van der Waals surface area contributed by atoms with Gasteiger partial charge in [-0.1, -0.05) is 84.2 Å². The molecular formula is C16H20N4PtS4+2. The predicted octanol–water partition coefficient (Wildman–Crippen LogP) is 3.85. The Hall–Kier alpha value is -0.472. The number of rotatable bonds is 4. The SMILES string of the molecule is CSC(=[SH+])N[N-]c1ccccc1.CSC(=[SH+])N[N-]c1ccccc1.[Pt+2]. The van der Waals surface area contributed by atoms with Crippen molar-refractivity contribution in [3.8, 4) is 0 Å². The summed E-state index contributed by atoms with van der Waals surface area (Å²) < 4.78 is 1.58. The minimum atomic E-state index is 0. The maximum atomic E-state index is 4.14. The number of thiol groups is 2.